The van der Waals surface area contributed by atoms with Crippen LogP contribution in [0, 0.1) is 11.3 Å². The normalized spacial score (nSPS) is 13.5. The zero-order valence-electron chi connectivity index (χ0n) is 16.2. The fraction of sp³-hybridized carbons (Fsp3) is 0.350. The van der Waals surface area contributed by atoms with E-state index >= 15 is 0 Å². The third-order valence-corrected chi connectivity index (χ3v) is 4.75. The van der Waals surface area contributed by atoms with Crippen LogP contribution in [0.1, 0.15) is 24.8 Å². The van der Waals surface area contributed by atoms with E-state index in [0.29, 0.717) is 17.1 Å². The fourth-order valence-electron chi connectivity index (χ4n) is 3.29. The number of anilines is 3. The van der Waals surface area contributed by atoms with E-state index in [9.17, 15) is 0 Å². The van der Waals surface area contributed by atoms with Gasteiger partial charge in [-0.1, -0.05) is 0 Å². The number of ether oxygens (including phenoxy) is 1. The number of nitrogen functional groups attached to an aromatic ring is 2. The number of methoxy groups -OCH3 is 1. The van der Waals surface area contributed by atoms with Gasteiger partial charge in [0.15, 0.2) is 0 Å². The van der Waals surface area contributed by atoms with Crippen molar-refractivity contribution in [2.75, 3.05) is 36.6 Å². The first kappa shape index (κ1) is 19.3. The number of aromatic nitrogens is 3. The number of pyridine rings is 1. The fourth-order valence-corrected chi connectivity index (χ4v) is 3.29. The average Bonchev–Trinajstić information content (AvgIpc) is 3.04. The highest BCUT2D eigenvalue weighted by molar-refractivity contribution is 5.82. The van der Waals surface area contributed by atoms with Gasteiger partial charge in [-0.05, 0) is 37.5 Å². The molecule has 1 aromatic carbocycles. The van der Waals surface area contributed by atoms with E-state index < -0.39 is 0 Å². The van der Waals surface area contributed by atoms with Crippen molar-refractivity contribution < 1.29 is 4.74 Å². The molecule has 8 heteroatoms. The van der Waals surface area contributed by atoms with Crippen LogP contribution in [0.5, 0.6) is 5.75 Å². The van der Waals surface area contributed by atoms with Crippen LogP contribution in [0.3, 0.4) is 0 Å². The Kier molecular flexibility index (Phi) is 5.84. The molecule has 1 fully saturated rings. The molecule has 3 aromatic rings. The minimum absolute atomic E-state index is 0.348. The Labute approximate surface area is 164 Å². The molecule has 0 spiro atoms. The number of fused-ring (bicyclic) bond motifs is 1. The van der Waals surface area contributed by atoms with Crippen molar-refractivity contribution in [3.8, 4) is 11.8 Å². The molecule has 0 radical (unpaired) electrons. The van der Waals surface area contributed by atoms with E-state index in [2.05, 4.69) is 21.5 Å². The molecule has 4 rings (SSSR count). The second-order valence-electron chi connectivity index (χ2n) is 6.69. The Hall–Kier alpha value is -3.47. The van der Waals surface area contributed by atoms with Crippen molar-refractivity contribution in [2.45, 2.75) is 19.3 Å². The molecular weight excluding hydrogens is 354 g/mol. The van der Waals surface area contributed by atoms with Gasteiger partial charge in [0.25, 0.3) is 0 Å². The van der Waals surface area contributed by atoms with Gasteiger partial charge in [-0.3, -0.25) is 0 Å². The maximum atomic E-state index is 8.53. The average molecular weight is 379 g/mol. The second kappa shape index (κ2) is 8.48. The molecule has 1 saturated heterocycles. The highest BCUT2D eigenvalue weighted by atomic mass is 16.5. The third kappa shape index (κ3) is 4.09. The van der Waals surface area contributed by atoms with Crippen LogP contribution < -0.4 is 21.1 Å². The number of hydrogen-bond acceptors (Lipinski definition) is 7. The van der Waals surface area contributed by atoms with Crippen molar-refractivity contribution in [1.29, 1.82) is 5.26 Å². The molecule has 3 heterocycles. The number of aryl methyl sites for hydroxylation is 1. The standard InChI is InChI=1S/C13H18N4.C7H7N3O/c1-16-12-6-5-10(14)9-11(12)15-13(16)17-7-3-2-4-8-17;1-11-6-2-7(9)10-4-5(6)3-8/h5-6,9H,2-4,7-8,14H2,1H3;2,4H,1H3,(H2,9,10). The summed E-state index contributed by atoms with van der Waals surface area (Å²) in [6.07, 6.45) is 5.26. The molecule has 0 aliphatic carbocycles. The minimum atomic E-state index is 0.348. The number of imidazole rings is 1. The Balaban J connectivity index is 0.000000178. The Morgan fingerprint density at radius 1 is 1.14 bits per heavy atom. The number of piperidine rings is 1. The molecule has 146 valence electrons. The first-order valence-corrected chi connectivity index (χ1v) is 9.20. The predicted octanol–water partition coefficient (Wildman–Crippen LogP) is 2.69. The molecule has 1 aliphatic heterocycles. The van der Waals surface area contributed by atoms with Crippen molar-refractivity contribution in [1.82, 2.24) is 14.5 Å². The monoisotopic (exact) mass is 379 g/mol. The van der Waals surface area contributed by atoms with Crippen LogP contribution in [0.15, 0.2) is 30.5 Å². The van der Waals surface area contributed by atoms with Crippen LogP contribution in [0.25, 0.3) is 11.0 Å². The molecule has 1 aliphatic rings. The maximum absolute atomic E-state index is 8.53. The van der Waals surface area contributed by atoms with Crippen LogP contribution in [-0.4, -0.2) is 34.7 Å². The maximum Gasteiger partial charge on any atom is 0.206 e. The van der Waals surface area contributed by atoms with Crippen molar-refractivity contribution in [3.05, 3.63) is 36.0 Å². The lowest BCUT2D eigenvalue weighted by Crippen LogP contribution is -2.31. The Morgan fingerprint density at radius 3 is 2.57 bits per heavy atom. The molecular formula is C20H25N7O. The summed E-state index contributed by atoms with van der Waals surface area (Å²) in [7, 11) is 3.56. The summed E-state index contributed by atoms with van der Waals surface area (Å²) < 4.78 is 7.04. The highest BCUT2D eigenvalue weighted by Crippen LogP contribution is 2.25. The lowest BCUT2D eigenvalue weighted by molar-refractivity contribution is 0.413. The van der Waals surface area contributed by atoms with E-state index in [1.54, 1.807) is 0 Å². The smallest absolute Gasteiger partial charge is 0.206 e. The van der Waals surface area contributed by atoms with Gasteiger partial charge in [0.1, 0.15) is 23.2 Å². The van der Waals surface area contributed by atoms with Crippen molar-refractivity contribution in [2.24, 2.45) is 7.05 Å². The molecule has 0 bridgehead atoms. The minimum Gasteiger partial charge on any atom is -0.495 e. The zero-order chi connectivity index (χ0) is 20.1. The molecule has 0 atom stereocenters. The predicted molar refractivity (Wildman–Crippen MR) is 111 cm³/mol. The quantitative estimate of drug-likeness (QED) is 0.657. The van der Waals surface area contributed by atoms with E-state index in [0.717, 1.165) is 35.8 Å². The molecule has 0 amide bonds. The first-order valence-electron chi connectivity index (χ1n) is 9.20. The van der Waals surface area contributed by atoms with Gasteiger partial charge in [-0.15, -0.1) is 0 Å². The van der Waals surface area contributed by atoms with Crippen LogP contribution >= 0.6 is 0 Å². The van der Waals surface area contributed by atoms with Gasteiger partial charge in [-0.25, -0.2) is 9.97 Å². The summed E-state index contributed by atoms with van der Waals surface area (Å²) in [6, 6.07) is 9.37. The summed E-state index contributed by atoms with van der Waals surface area (Å²) >= 11 is 0. The zero-order valence-corrected chi connectivity index (χ0v) is 16.2. The van der Waals surface area contributed by atoms with Gasteiger partial charge in [0.2, 0.25) is 5.95 Å². The number of nitrogens with zero attached hydrogens (tertiary/aromatic N) is 5. The summed E-state index contributed by atoms with van der Waals surface area (Å²) in [6.45, 7) is 2.24. The van der Waals surface area contributed by atoms with Crippen LogP contribution in [-0.2, 0) is 7.05 Å². The number of nitriles is 1. The van der Waals surface area contributed by atoms with Crippen LogP contribution in [0.4, 0.5) is 17.5 Å². The summed E-state index contributed by atoms with van der Waals surface area (Å²) in [5, 5.41) is 8.53. The lowest BCUT2D eigenvalue weighted by atomic mass is 10.1. The first-order chi connectivity index (χ1) is 13.5. The summed E-state index contributed by atoms with van der Waals surface area (Å²) in [5.41, 5.74) is 14.5. The second-order valence-corrected chi connectivity index (χ2v) is 6.69. The Morgan fingerprint density at radius 2 is 1.89 bits per heavy atom. The van der Waals surface area contributed by atoms with Gasteiger partial charge in [0.05, 0.1) is 24.3 Å². The van der Waals surface area contributed by atoms with Crippen molar-refractivity contribution in [3.63, 3.8) is 0 Å². The van der Waals surface area contributed by atoms with E-state index in [1.807, 2.05) is 24.3 Å². The number of benzene rings is 1. The van der Waals surface area contributed by atoms with Gasteiger partial charge in [-0.2, -0.15) is 5.26 Å². The number of rotatable bonds is 2. The van der Waals surface area contributed by atoms with E-state index in [4.69, 9.17) is 26.5 Å². The third-order valence-electron chi connectivity index (χ3n) is 4.75. The molecule has 0 unspecified atom stereocenters. The molecule has 4 N–H and O–H groups in total. The largest absolute Gasteiger partial charge is 0.495 e. The molecule has 2 aromatic heterocycles. The van der Waals surface area contributed by atoms with E-state index in [1.165, 1.54) is 38.6 Å². The van der Waals surface area contributed by atoms with Gasteiger partial charge >= 0.3 is 0 Å². The SMILES string of the molecule is COc1cc(N)ncc1C#N.Cn1c(N2CCCCC2)nc2cc(N)ccc21. The summed E-state index contributed by atoms with van der Waals surface area (Å²) in [4.78, 5) is 10.8. The van der Waals surface area contributed by atoms with Gasteiger partial charge in [0, 0.05) is 31.9 Å². The molecule has 8 nitrogen and oxygen atoms in total. The Bertz CT molecular complexity index is 1000. The lowest BCUT2D eigenvalue weighted by Gasteiger charge is -2.27. The van der Waals surface area contributed by atoms with E-state index in [-0.39, 0.29) is 0 Å². The summed E-state index contributed by atoms with van der Waals surface area (Å²) in [5.74, 6) is 1.88. The highest BCUT2D eigenvalue weighted by Gasteiger charge is 2.17. The number of nitrogens with two attached hydrogens (primary N) is 2. The molecule has 0 saturated carbocycles. The van der Waals surface area contributed by atoms with Gasteiger partial charge < -0.3 is 25.7 Å². The number of hydrogen-bond donors (Lipinski definition) is 2. The van der Waals surface area contributed by atoms with Crippen molar-refractivity contribution >= 4 is 28.5 Å². The van der Waals surface area contributed by atoms with Crippen LogP contribution in [0.2, 0.25) is 0 Å². The topological polar surface area (TPSA) is 119 Å². The molecule has 28 heavy (non-hydrogen) atoms.